The number of sulfonamides is 1. The molecule has 1 aliphatic heterocycles. The lowest BCUT2D eigenvalue weighted by Crippen LogP contribution is -2.30. The van der Waals surface area contributed by atoms with Crippen LogP contribution in [0.5, 0.6) is 0 Å². The minimum absolute atomic E-state index is 0.251. The van der Waals surface area contributed by atoms with Gasteiger partial charge in [-0.3, -0.25) is 0 Å². The van der Waals surface area contributed by atoms with Crippen LogP contribution in [-0.4, -0.2) is 24.4 Å². The first-order valence-electron chi connectivity index (χ1n) is 8.12. The Labute approximate surface area is 137 Å². The number of hydrogen-bond acceptors (Lipinski definition) is 4. The molecule has 0 spiro atoms. The van der Waals surface area contributed by atoms with Gasteiger partial charge in [-0.05, 0) is 43.4 Å². The van der Waals surface area contributed by atoms with E-state index >= 15 is 0 Å². The van der Waals surface area contributed by atoms with Crippen molar-refractivity contribution in [2.75, 3.05) is 6.54 Å². The molecule has 0 N–H and O–H groups in total. The second-order valence-electron chi connectivity index (χ2n) is 5.85. The van der Waals surface area contributed by atoms with Crippen LogP contribution >= 0.6 is 0 Å². The van der Waals surface area contributed by atoms with Crippen LogP contribution < -0.4 is 0 Å². The Bertz CT molecular complexity index is 765. The van der Waals surface area contributed by atoms with Crippen LogP contribution in [0.15, 0.2) is 39.8 Å². The van der Waals surface area contributed by atoms with Crippen molar-refractivity contribution < 1.29 is 12.9 Å². The van der Waals surface area contributed by atoms with Crippen molar-refractivity contribution in [2.45, 2.75) is 50.5 Å². The minimum atomic E-state index is -3.51. The first-order chi connectivity index (χ1) is 11.1. The Morgan fingerprint density at radius 1 is 1.22 bits per heavy atom. The van der Waals surface area contributed by atoms with Crippen LogP contribution in [-0.2, 0) is 22.9 Å². The summed E-state index contributed by atoms with van der Waals surface area (Å²) in [4.78, 5) is 0.344. The van der Waals surface area contributed by atoms with Crippen molar-refractivity contribution >= 4 is 10.0 Å². The van der Waals surface area contributed by atoms with E-state index in [9.17, 15) is 8.42 Å². The van der Waals surface area contributed by atoms with Gasteiger partial charge in [0.15, 0.2) is 5.76 Å². The van der Waals surface area contributed by atoms with E-state index in [1.165, 1.54) is 0 Å². The zero-order chi connectivity index (χ0) is 16.4. The molecule has 0 amide bonds. The number of nitrogens with zero attached hydrogens (tertiary/aromatic N) is 2. The zero-order valence-corrected chi connectivity index (χ0v) is 14.3. The molecule has 3 rings (SSSR count). The summed E-state index contributed by atoms with van der Waals surface area (Å²) in [5.41, 5.74) is 1.99. The molecule has 1 aliphatic rings. The predicted octanol–water partition coefficient (Wildman–Crippen LogP) is 3.33. The Kier molecular flexibility index (Phi) is 4.55. The highest BCUT2D eigenvalue weighted by molar-refractivity contribution is 7.89. The molecule has 2 heterocycles. The molecule has 1 atom stereocenters. The number of rotatable bonds is 5. The third kappa shape index (κ3) is 3.05. The van der Waals surface area contributed by atoms with Crippen molar-refractivity contribution in [3.63, 3.8) is 0 Å². The van der Waals surface area contributed by atoms with Crippen molar-refractivity contribution in [1.29, 1.82) is 0 Å². The van der Waals surface area contributed by atoms with E-state index in [0.717, 1.165) is 36.9 Å². The standard InChI is InChI=1S/C17H22N2O3S/c1-3-13-7-9-15(10-8-13)23(20,21)19-11-5-6-16(19)17-12-14(4-2)18-22-17/h7-10,12,16H,3-6,11H2,1-2H3/t16-/m0/s1. The summed E-state index contributed by atoms with van der Waals surface area (Å²) in [6.45, 7) is 4.57. The molecule has 23 heavy (non-hydrogen) atoms. The first kappa shape index (κ1) is 16.2. The van der Waals surface area contributed by atoms with Crippen molar-refractivity contribution in [1.82, 2.24) is 9.46 Å². The maximum Gasteiger partial charge on any atom is 0.243 e. The van der Waals surface area contributed by atoms with Gasteiger partial charge in [-0.2, -0.15) is 4.31 Å². The third-order valence-electron chi connectivity index (χ3n) is 4.41. The van der Waals surface area contributed by atoms with Gasteiger partial charge in [-0.1, -0.05) is 31.1 Å². The Hall–Kier alpha value is -1.66. The van der Waals surface area contributed by atoms with Crippen LogP contribution in [0.4, 0.5) is 0 Å². The van der Waals surface area contributed by atoms with Gasteiger partial charge in [0.2, 0.25) is 10.0 Å². The second-order valence-corrected chi connectivity index (χ2v) is 7.74. The summed E-state index contributed by atoms with van der Waals surface area (Å²) in [7, 11) is -3.51. The fourth-order valence-electron chi connectivity index (χ4n) is 3.00. The number of aromatic nitrogens is 1. The third-order valence-corrected chi connectivity index (χ3v) is 6.33. The molecule has 5 nitrogen and oxygen atoms in total. The minimum Gasteiger partial charge on any atom is -0.359 e. The number of aryl methyl sites for hydroxylation is 2. The van der Waals surface area contributed by atoms with Crippen LogP contribution in [0, 0.1) is 0 Å². The average molecular weight is 334 g/mol. The fourth-order valence-corrected chi connectivity index (χ4v) is 4.66. The molecular weight excluding hydrogens is 312 g/mol. The SMILES string of the molecule is CCc1ccc(S(=O)(=O)N2CCC[C@H]2c2cc(CC)no2)cc1. The molecule has 0 aliphatic carbocycles. The lowest BCUT2D eigenvalue weighted by Gasteiger charge is -2.22. The molecule has 2 aromatic rings. The zero-order valence-electron chi connectivity index (χ0n) is 13.5. The van der Waals surface area contributed by atoms with Crippen molar-refractivity contribution in [3.8, 4) is 0 Å². The van der Waals surface area contributed by atoms with Gasteiger partial charge in [0, 0.05) is 12.6 Å². The first-order valence-corrected chi connectivity index (χ1v) is 9.56. The summed E-state index contributed by atoms with van der Waals surface area (Å²) in [5, 5.41) is 3.99. The Morgan fingerprint density at radius 3 is 2.57 bits per heavy atom. The van der Waals surface area contributed by atoms with E-state index in [-0.39, 0.29) is 6.04 Å². The van der Waals surface area contributed by atoms with Gasteiger partial charge in [0.05, 0.1) is 16.6 Å². The maximum atomic E-state index is 13.0. The van der Waals surface area contributed by atoms with Crippen molar-refractivity contribution in [3.05, 3.63) is 47.3 Å². The summed E-state index contributed by atoms with van der Waals surface area (Å²) >= 11 is 0. The normalized spacial score (nSPS) is 19.3. The molecule has 1 saturated heterocycles. The van der Waals surface area contributed by atoms with E-state index in [2.05, 4.69) is 12.1 Å². The highest BCUT2D eigenvalue weighted by atomic mass is 32.2. The van der Waals surface area contributed by atoms with Gasteiger partial charge in [0.25, 0.3) is 0 Å². The van der Waals surface area contributed by atoms with E-state index in [1.54, 1.807) is 16.4 Å². The largest absolute Gasteiger partial charge is 0.359 e. The van der Waals surface area contributed by atoms with E-state index < -0.39 is 10.0 Å². The molecule has 124 valence electrons. The average Bonchev–Trinajstić information content (AvgIpc) is 3.23. The number of benzene rings is 1. The lowest BCUT2D eigenvalue weighted by atomic mass is 10.1. The Morgan fingerprint density at radius 2 is 1.96 bits per heavy atom. The fraction of sp³-hybridized carbons (Fsp3) is 0.471. The molecule has 1 aromatic carbocycles. The highest BCUT2D eigenvalue weighted by Gasteiger charge is 2.38. The van der Waals surface area contributed by atoms with Crippen LogP contribution in [0.25, 0.3) is 0 Å². The smallest absolute Gasteiger partial charge is 0.243 e. The van der Waals surface area contributed by atoms with Gasteiger partial charge in [-0.25, -0.2) is 8.42 Å². The van der Waals surface area contributed by atoms with Crippen LogP contribution in [0.1, 0.15) is 49.7 Å². The van der Waals surface area contributed by atoms with E-state index in [0.29, 0.717) is 17.2 Å². The summed E-state index contributed by atoms with van der Waals surface area (Å²) in [6, 6.07) is 8.77. The van der Waals surface area contributed by atoms with E-state index in [4.69, 9.17) is 4.52 Å². The summed E-state index contributed by atoms with van der Waals surface area (Å²) in [6.07, 6.45) is 3.27. The van der Waals surface area contributed by atoms with Gasteiger partial charge < -0.3 is 4.52 Å². The van der Waals surface area contributed by atoms with E-state index in [1.807, 2.05) is 25.1 Å². The Balaban J connectivity index is 1.91. The van der Waals surface area contributed by atoms with Crippen LogP contribution in [0.2, 0.25) is 0 Å². The highest BCUT2D eigenvalue weighted by Crippen LogP contribution is 2.36. The van der Waals surface area contributed by atoms with Gasteiger partial charge >= 0.3 is 0 Å². The van der Waals surface area contributed by atoms with Gasteiger partial charge in [0.1, 0.15) is 0 Å². The molecule has 1 fully saturated rings. The molecule has 0 saturated carbocycles. The summed E-state index contributed by atoms with van der Waals surface area (Å²) in [5.74, 6) is 0.646. The topological polar surface area (TPSA) is 63.4 Å². The predicted molar refractivity (Wildman–Crippen MR) is 87.6 cm³/mol. The van der Waals surface area contributed by atoms with Crippen LogP contribution in [0.3, 0.4) is 0 Å². The molecular formula is C17H22N2O3S. The van der Waals surface area contributed by atoms with Crippen molar-refractivity contribution in [2.24, 2.45) is 0 Å². The number of hydrogen-bond donors (Lipinski definition) is 0. The molecule has 0 bridgehead atoms. The lowest BCUT2D eigenvalue weighted by molar-refractivity contribution is 0.296. The summed E-state index contributed by atoms with van der Waals surface area (Å²) < 4.78 is 32.8. The molecule has 6 heteroatoms. The molecule has 0 unspecified atom stereocenters. The monoisotopic (exact) mass is 334 g/mol. The molecule has 0 radical (unpaired) electrons. The maximum absolute atomic E-state index is 13.0. The molecule has 1 aromatic heterocycles. The van der Waals surface area contributed by atoms with Gasteiger partial charge in [-0.15, -0.1) is 0 Å². The quantitative estimate of drug-likeness (QED) is 0.841. The second kappa shape index (κ2) is 6.45.